The van der Waals surface area contributed by atoms with Gasteiger partial charge in [-0.1, -0.05) is 11.8 Å². The third-order valence-corrected chi connectivity index (χ3v) is 2.82. The molecule has 5 nitrogen and oxygen atoms in total. The van der Waals surface area contributed by atoms with Gasteiger partial charge >= 0.3 is 6.09 Å². The molecule has 0 atom stereocenters. The number of amides is 1. The Labute approximate surface area is 90.9 Å². The summed E-state index contributed by atoms with van der Waals surface area (Å²) in [6, 6.07) is 3.79. The molecule has 15 heavy (non-hydrogen) atoms. The smallest absolute Gasteiger partial charge is 0.333 e. The van der Waals surface area contributed by atoms with Crippen LogP contribution in [0.3, 0.4) is 0 Å². The normalized spacial score (nSPS) is 14.9. The average Bonchev–Trinajstić information content (AvgIpc) is 2.67. The van der Waals surface area contributed by atoms with Crippen LogP contribution in [0.5, 0.6) is 0 Å². The zero-order valence-corrected chi connectivity index (χ0v) is 8.61. The molecule has 0 aliphatic carbocycles. The van der Waals surface area contributed by atoms with Gasteiger partial charge in [-0.05, 0) is 17.7 Å². The summed E-state index contributed by atoms with van der Waals surface area (Å²) in [5, 5.41) is 1.41. The molecule has 0 aromatic carbocycles. The lowest BCUT2D eigenvalue weighted by atomic mass is 10.2. The first kappa shape index (κ1) is 9.85. The molecule has 0 saturated heterocycles. The van der Waals surface area contributed by atoms with Crippen molar-refractivity contribution in [2.24, 2.45) is 5.73 Å². The minimum atomic E-state index is -0.803. The molecule has 2 rings (SSSR count). The molecule has 1 aliphatic heterocycles. The van der Waals surface area contributed by atoms with E-state index >= 15 is 0 Å². The number of nitrogens with zero attached hydrogens (tertiary/aromatic N) is 2. The average molecular weight is 223 g/mol. The quantitative estimate of drug-likeness (QED) is 0.820. The Balaban J connectivity index is 2.10. The summed E-state index contributed by atoms with van der Waals surface area (Å²) in [5.41, 5.74) is 5.95. The predicted octanol–water partition coefficient (Wildman–Crippen LogP) is 1.40. The number of thioether (sulfide) groups is 1. The Morgan fingerprint density at radius 3 is 2.93 bits per heavy atom. The van der Waals surface area contributed by atoms with Crippen LogP contribution >= 0.6 is 11.8 Å². The summed E-state index contributed by atoms with van der Waals surface area (Å²) in [6.45, 7) is 0. The van der Waals surface area contributed by atoms with Crippen molar-refractivity contribution < 1.29 is 9.63 Å². The van der Waals surface area contributed by atoms with E-state index in [2.05, 4.69) is 4.98 Å². The highest BCUT2D eigenvalue weighted by molar-refractivity contribution is 8.08. The second-order valence-corrected chi connectivity index (χ2v) is 3.82. The Bertz CT molecular complexity index is 394. The highest BCUT2D eigenvalue weighted by atomic mass is 32.2. The fourth-order valence-electron chi connectivity index (χ4n) is 1.18. The molecule has 0 saturated carbocycles. The maximum Gasteiger partial charge on any atom is 0.429 e. The van der Waals surface area contributed by atoms with E-state index in [0.717, 1.165) is 10.5 Å². The highest BCUT2D eigenvalue weighted by Crippen LogP contribution is 2.33. The van der Waals surface area contributed by atoms with Crippen LogP contribution in [0.2, 0.25) is 0 Å². The van der Waals surface area contributed by atoms with Gasteiger partial charge in [0.2, 0.25) is 0 Å². The summed E-state index contributed by atoms with van der Waals surface area (Å²) in [4.78, 5) is 20.2. The zero-order valence-electron chi connectivity index (χ0n) is 7.79. The number of carbonyl (C=O) groups excluding carboxylic acids is 1. The number of pyridine rings is 1. The van der Waals surface area contributed by atoms with Crippen molar-refractivity contribution in [3.8, 4) is 0 Å². The van der Waals surface area contributed by atoms with E-state index in [1.54, 1.807) is 30.4 Å². The molecule has 0 radical (unpaired) electrons. The number of carbonyl (C=O) groups is 1. The van der Waals surface area contributed by atoms with E-state index in [0.29, 0.717) is 5.88 Å². The lowest BCUT2D eigenvalue weighted by Gasteiger charge is -2.10. The van der Waals surface area contributed by atoms with Crippen molar-refractivity contribution in [1.82, 2.24) is 10.0 Å². The summed E-state index contributed by atoms with van der Waals surface area (Å²) < 4.78 is 0. The van der Waals surface area contributed by atoms with Gasteiger partial charge in [0.05, 0.1) is 6.20 Å². The Hall–Kier alpha value is -1.69. The molecule has 0 spiro atoms. The Kier molecular flexibility index (Phi) is 2.77. The number of primary amides is 1. The van der Waals surface area contributed by atoms with E-state index < -0.39 is 6.09 Å². The fraction of sp³-hybridized carbons (Fsp3) is 0.111. The van der Waals surface area contributed by atoms with Gasteiger partial charge in [-0.3, -0.25) is 4.98 Å². The van der Waals surface area contributed by atoms with Crippen molar-refractivity contribution in [2.45, 2.75) is 0 Å². The molecule has 1 amide bonds. The molecular weight excluding hydrogens is 214 g/mol. The lowest BCUT2D eigenvalue weighted by molar-refractivity contribution is -0.0332. The van der Waals surface area contributed by atoms with Gasteiger partial charge in [-0.25, -0.2) is 9.86 Å². The Morgan fingerprint density at radius 1 is 1.53 bits per heavy atom. The molecule has 0 unspecified atom stereocenters. The second-order valence-electron chi connectivity index (χ2n) is 2.83. The number of rotatable bonds is 2. The van der Waals surface area contributed by atoms with Crippen molar-refractivity contribution in [3.05, 3.63) is 36.3 Å². The van der Waals surface area contributed by atoms with Gasteiger partial charge < -0.3 is 10.6 Å². The number of nitrogens with two attached hydrogens (primary N) is 1. The molecule has 1 aromatic heterocycles. The molecule has 2 heterocycles. The first-order valence-corrected chi connectivity index (χ1v) is 5.23. The summed E-state index contributed by atoms with van der Waals surface area (Å²) >= 11 is 1.57. The van der Waals surface area contributed by atoms with Crippen LogP contribution in [0, 0.1) is 0 Å². The molecule has 2 N–H and O–H groups in total. The van der Waals surface area contributed by atoms with Crippen LogP contribution in [0.1, 0.15) is 5.56 Å². The summed E-state index contributed by atoms with van der Waals surface area (Å²) in [6.07, 6.45) is 4.37. The van der Waals surface area contributed by atoms with Crippen LogP contribution < -0.4 is 5.73 Å². The number of hydrogen-bond acceptors (Lipinski definition) is 5. The van der Waals surface area contributed by atoms with Crippen LogP contribution in [-0.2, 0) is 4.84 Å². The van der Waals surface area contributed by atoms with Crippen molar-refractivity contribution >= 4 is 22.8 Å². The van der Waals surface area contributed by atoms with Crippen molar-refractivity contribution in [1.29, 1.82) is 0 Å². The Morgan fingerprint density at radius 2 is 2.27 bits per heavy atom. The minimum Gasteiger partial charge on any atom is -0.333 e. The highest BCUT2D eigenvalue weighted by Gasteiger charge is 2.16. The van der Waals surface area contributed by atoms with Crippen LogP contribution in [0.15, 0.2) is 30.7 Å². The van der Waals surface area contributed by atoms with Gasteiger partial charge in [-0.15, -0.1) is 0 Å². The molecule has 1 aliphatic rings. The topological polar surface area (TPSA) is 68.5 Å². The van der Waals surface area contributed by atoms with E-state index in [1.165, 1.54) is 5.06 Å². The van der Waals surface area contributed by atoms with Gasteiger partial charge in [-0.2, -0.15) is 0 Å². The minimum absolute atomic E-state index is 0.556. The SMILES string of the molecule is NC(=O)ON1C=C(c2ccncc2)SC1. The monoisotopic (exact) mass is 223 g/mol. The number of hydroxylamine groups is 2. The van der Waals surface area contributed by atoms with E-state index in [9.17, 15) is 4.79 Å². The largest absolute Gasteiger partial charge is 0.429 e. The van der Waals surface area contributed by atoms with E-state index in [1.807, 2.05) is 12.1 Å². The maximum atomic E-state index is 10.5. The number of hydrogen-bond donors (Lipinski definition) is 1. The third-order valence-electron chi connectivity index (χ3n) is 1.78. The second kappa shape index (κ2) is 4.22. The fourth-order valence-corrected chi connectivity index (χ4v) is 2.07. The summed E-state index contributed by atoms with van der Waals surface area (Å²) in [7, 11) is 0. The predicted molar refractivity (Wildman–Crippen MR) is 57.2 cm³/mol. The van der Waals surface area contributed by atoms with Crippen molar-refractivity contribution in [3.63, 3.8) is 0 Å². The van der Waals surface area contributed by atoms with Gasteiger partial charge in [0.1, 0.15) is 5.88 Å². The molecule has 0 bridgehead atoms. The van der Waals surface area contributed by atoms with Gasteiger partial charge in [0.25, 0.3) is 0 Å². The lowest BCUT2D eigenvalue weighted by Crippen LogP contribution is -2.23. The van der Waals surface area contributed by atoms with Gasteiger partial charge in [0, 0.05) is 17.3 Å². The number of aromatic nitrogens is 1. The first-order valence-electron chi connectivity index (χ1n) is 4.25. The maximum absolute atomic E-state index is 10.5. The third kappa shape index (κ3) is 2.41. The summed E-state index contributed by atoms with van der Waals surface area (Å²) in [5.74, 6) is 0.556. The molecule has 78 valence electrons. The van der Waals surface area contributed by atoms with E-state index in [4.69, 9.17) is 10.6 Å². The van der Waals surface area contributed by atoms with Crippen LogP contribution in [0.25, 0.3) is 4.91 Å². The van der Waals surface area contributed by atoms with Crippen LogP contribution in [-0.4, -0.2) is 22.0 Å². The first-order chi connectivity index (χ1) is 7.25. The standard InChI is InChI=1S/C9H9N3O2S/c10-9(13)14-12-5-8(15-6-12)7-1-3-11-4-2-7/h1-5H,6H2,(H2,10,13). The molecule has 1 aromatic rings. The molecule has 6 heteroatoms. The molecule has 0 fully saturated rings. The molecular formula is C9H9N3O2S. The van der Waals surface area contributed by atoms with Crippen molar-refractivity contribution in [2.75, 3.05) is 5.88 Å². The van der Waals surface area contributed by atoms with E-state index in [-0.39, 0.29) is 0 Å². The van der Waals surface area contributed by atoms with Gasteiger partial charge in [0.15, 0.2) is 0 Å². The zero-order chi connectivity index (χ0) is 10.7. The van der Waals surface area contributed by atoms with Crippen LogP contribution in [0.4, 0.5) is 4.79 Å².